The number of amides is 2. The van der Waals surface area contributed by atoms with Crippen molar-refractivity contribution in [2.75, 3.05) is 39.4 Å². The Balaban J connectivity index is 5.13. The van der Waals surface area contributed by atoms with Crippen LogP contribution < -0.4 is 0 Å². The van der Waals surface area contributed by atoms with E-state index in [1.165, 1.54) is 9.80 Å². The van der Waals surface area contributed by atoms with Gasteiger partial charge in [0.25, 0.3) is 0 Å². The molecular formula is C26H46F6N2O3. The maximum Gasteiger partial charge on any atom is 0.390 e. The third kappa shape index (κ3) is 18.4. The topological polar surface area (TPSA) is 49.9 Å². The van der Waals surface area contributed by atoms with Gasteiger partial charge in [-0.1, -0.05) is 54.4 Å². The van der Waals surface area contributed by atoms with E-state index in [0.29, 0.717) is 12.8 Å². The maximum atomic E-state index is 12.8. The van der Waals surface area contributed by atoms with Gasteiger partial charge in [0.1, 0.15) is 0 Å². The quantitative estimate of drug-likeness (QED) is 0.173. The van der Waals surface area contributed by atoms with Crippen LogP contribution in [0.2, 0.25) is 0 Å². The number of rotatable bonds is 18. The van der Waals surface area contributed by atoms with Gasteiger partial charge >= 0.3 is 12.4 Å². The van der Waals surface area contributed by atoms with Gasteiger partial charge in [0.15, 0.2) is 0 Å². The Labute approximate surface area is 218 Å². The third-order valence-electron chi connectivity index (χ3n) is 5.75. The van der Waals surface area contributed by atoms with E-state index in [2.05, 4.69) is 0 Å². The van der Waals surface area contributed by atoms with E-state index in [1.54, 1.807) is 27.7 Å². The lowest BCUT2D eigenvalue weighted by Gasteiger charge is -2.36. The summed E-state index contributed by atoms with van der Waals surface area (Å²) in [6.07, 6.45) is -7.88. The molecule has 0 saturated carbocycles. The molecule has 5 nitrogen and oxygen atoms in total. The van der Waals surface area contributed by atoms with E-state index in [-0.39, 0.29) is 51.0 Å². The van der Waals surface area contributed by atoms with Crippen molar-refractivity contribution in [2.45, 2.75) is 105 Å². The molecule has 0 N–H and O–H groups in total. The molecule has 220 valence electrons. The average Bonchev–Trinajstić information content (AvgIpc) is 2.74. The standard InChI is InChI=1S/C26H46F6N2O3/c1-7-9-11-21(35)33(15-13-25(27,28)29)17-23(3,4)19-37-20-24(5,6)18-34(16-14-26(30,31)32)22(36)12-10-8-2/h7-20H2,1-6H3. The van der Waals surface area contributed by atoms with Crippen LogP contribution >= 0.6 is 0 Å². The van der Waals surface area contributed by atoms with Crippen molar-refractivity contribution in [3.63, 3.8) is 0 Å². The van der Waals surface area contributed by atoms with Crippen molar-refractivity contribution in [3.05, 3.63) is 0 Å². The van der Waals surface area contributed by atoms with Crippen LogP contribution in [0.25, 0.3) is 0 Å². The Bertz CT molecular complexity index is 622. The summed E-state index contributed by atoms with van der Waals surface area (Å²) >= 11 is 0. The monoisotopic (exact) mass is 548 g/mol. The first-order valence-electron chi connectivity index (χ1n) is 13.1. The number of hydrogen-bond acceptors (Lipinski definition) is 3. The molecule has 0 fully saturated rings. The third-order valence-corrected chi connectivity index (χ3v) is 5.75. The molecule has 2 amide bonds. The molecule has 0 rings (SSSR count). The van der Waals surface area contributed by atoms with Gasteiger partial charge in [0.2, 0.25) is 11.8 Å². The van der Waals surface area contributed by atoms with Gasteiger partial charge in [-0.05, 0) is 12.8 Å². The van der Waals surface area contributed by atoms with Crippen LogP contribution in [-0.4, -0.2) is 73.4 Å². The highest BCUT2D eigenvalue weighted by Gasteiger charge is 2.33. The van der Waals surface area contributed by atoms with E-state index >= 15 is 0 Å². The zero-order chi connectivity index (χ0) is 28.9. The average molecular weight is 549 g/mol. The minimum absolute atomic E-state index is 0.0826. The normalized spacial score (nSPS) is 13.1. The Morgan fingerprint density at radius 2 is 0.973 bits per heavy atom. The van der Waals surface area contributed by atoms with E-state index in [9.17, 15) is 35.9 Å². The van der Waals surface area contributed by atoms with Crippen molar-refractivity contribution < 1.29 is 40.7 Å². The zero-order valence-corrected chi connectivity index (χ0v) is 23.3. The van der Waals surface area contributed by atoms with Crippen LogP contribution in [-0.2, 0) is 14.3 Å². The molecule has 0 bridgehead atoms. The highest BCUT2D eigenvalue weighted by Crippen LogP contribution is 2.26. The largest absolute Gasteiger partial charge is 0.390 e. The number of halogens is 6. The first kappa shape index (κ1) is 35.5. The molecule has 0 aromatic carbocycles. The molecule has 0 aliphatic heterocycles. The molecule has 0 aromatic heterocycles. The molecular weight excluding hydrogens is 502 g/mol. The highest BCUT2D eigenvalue weighted by atomic mass is 19.4. The van der Waals surface area contributed by atoms with Crippen molar-refractivity contribution in [1.29, 1.82) is 0 Å². The molecule has 11 heteroatoms. The lowest BCUT2D eigenvalue weighted by molar-refractivity contribution is -0.148. The fraction of sp³-hybridized carbons (Fsp3) is 0.923. The molecule has 0 aliphatic carbocycles. The molecule has 0 aromatic rings. The van der Waals surface area contributed by atoms with Crippen molar-refractivity contribution in [1.82, 2.24) is 9.80 Å². The summed E-state index contributed by atoms with van der Waals surface area (Å²) in [6.45, 7) is 10.5. The van der Waals surface area contributed by atoms with Gasteiger partial charge in [-0.3, -0.25) is 9.59 Å². The van der Waals surface area contributed by atoms with Crippen LogP contribution in [0.15, 0.2) is 0 Å². The van der Waals surface area contributed by atoms with Crippen LogP contribution in [0.5, 0.6) is 0 Å². The van der Waals surface area contributed by atoms with Crippen molar-refractivity contribution >= 4 is 11.8 Å². The summed E-state index contributed by atoms with van der Waals surface area (Å²) in [4.78, 5) is 27.5. The van der Waals surface area contributed by atoms with E-state index in [4.69, 9.17) is 4.74 Å². The molecule has 0 spiro atoms. The van der Waals surface area contributed by atoms with Gasteiger partial charge in [-0.25, -0.2) is 0 Å². The first-order chi connectivity index (χ1) is 16.8. The Hall–Kier alpha value is -1.52. The first-order valence-corrected chi connectivity index (χ1v) is 13.1. The lowest BCUT2D eigenvalue weighted by atomic mass is 9.91. The second-order valence-corrected chi connectivity index (χ2v) is 11.4. The number of carbonyl (C=O) groups excluding carboxylic acids is 2. The number of hydrogen-bond donors (Lipinski definition) is 0. The molecule has 0 aliphatic rings. The number of carbonyl (C=O) groups is 2. The Morgan fingerprint density at radius 3 is 1.24 bits per heavy atom. The summed E-state index contributed by atoms with van der Waals surface area (Å²) in [6, 6.07) is 0. The molecule has 0 unspecified atom stereocenters. The van der Waals surface area contributed by atoms with Gasteiger partial charge in [-0.15, -0.1) is 0 Å². The second-order valence-electron chi connectivity index (χ2n) is 11.4. The van der Waals surface area contributed by atoms with E-state index in [1.807, 2.05) is 13.8 Å². The number of ether oxygens (including phenoxy) is 1. The number of nitrogens with zero attached hydrogens (tertiary/aromatic N) is 2. The summed E-state index contributed by atoms with van der Waals surface area (Å²) in [5.74, 6) is -0.657. The predicted octanol–water partition coefficient (Wildman–Crippen LogP) is 7.00. The number of unbranched alkanes of at least 4 members (excludes halogenated alkanes) is 2. The number of alkyl halides is 6. The van der Waals surface area contributed by atoms with Gasteiger partial charge in [0, 0.05) is 49.9 Å². The van der Waals surface area contributed by atoms with Crippen LogP contribution in [0, 0.1) is 10.8 Å². The van der Waals surface area contributed by atoms with Crippen molar-refractivity contribution in [2.24, 2.45) is 10.8 Å². The molecule has 0 atom stereocenters. The molecule has 0 heterocycles. The smallest absolute Gasteiger partial charge is 0.380 e. The Kier molecular flexibility index (Phi) is 15.1. The van der Waals surface area contributed by atoms with Crippen LogP contribution in [0.1, 0.15) is 92.9 Å². The minimum Gasteiger partial charge on any atom is -0.380 e. The minimum atomic E-state index is -4.37. The zero-order valence-electron chi connectivity index (χ0n) is 23.3. The van der Waals surface area contributed by atoms with Gasteiger partial charge in [0.05, 0.1) is 26.1 Å². The van der Waals surface area contributed by atoms with E-state index < -0.39 is 49.1 Å². The second kappa shape index (κ2) is 15.8. The van der Waals surface area contributed by atoms with Crippen LogP contribution in [0.4, 0.5) is 26.3 Å². The van der Waals surface area contributed by atoms with Crippen LogP contribution in [0.3, 0.4) is 0 Å². The SMILES string of the molecule is CCCCC(=O)N(CCC(F)(F)F)CC(C)(C)COCC(C)(C)CN(CCC(F)(F)F)C(=O)CCCC. The Morgan fingerprint density at radius 1 is 0.649 bits per heavy atom. The fourth-order valence-corrected chi connectivity index (χ4v) is 3.81. The summed E-state index contributed by atoms with van der Waals surface area (Å²) in [5, 5.41) is 0. The summed E-state index contributed by atoms with van der Waals surface area (Å²) in [7, 11) is 0. The highest BCUT2D eigenvalue weighted by molar-refractivity contribution is 5.76. The molecule has 37 heavy (non-hydrogen) atoms. The van der Waals surface area contributed by atoms with Crippen molar-refractivity contribution in [3.8, 4) is 0 Å². The predicted molar refractivity (Wildman–Crippen MR) is 132 cm³/mol. The lowest BCUT2D eigenvalue weighted by Crippen LogP contribution is -2.44. The fourth-order valence-electron chi connectivity index (χ4n) is 3.81. The summed E-state index contributed by atoms with van der Waals surface area (Å²) < 4.78 is 82.6. The van der Waals surface area contributed by atoms with Gasteiger partial charge < -0.3 is 14.5 Å². The maximum absolute atomic E-state index is 12.8. The molecule has 0 saturated heterocycles. The summed E-state index contributed by atoms with van der Waals surface area (Å²) in [5.41, 5.74) is -1.31. The van der Waals surface area contributed by atoms with E-state index in [0.717, 1.165) is 12.8 Å². The van der Waals surface area contributed by atoms with Gasteiger partial charge in [-0.2, -0.15) is 26.3 Å². The molecule has 0 radical (unpaired) electrons.